The van der Waals surface area contributed by atoms with Crippen LogP contribution in [0.4, 0.5) is 10.1 Å². The van der Waals surface area contributed by atoms with Crippen LogP contribution in [0.3, 0.4) is 0 Å². The van der Waals surface area contributed by atoms with Crippen LogP contribution >= 0.6 is 43.5 Å². The van der Waals surface area contributed by atoms with Crippen LogP contribution in [0, 0.1) is 5.82 Å². The zero-order valence-corrected chi connectivity index (χ0v) is 13.3. The van der Waals surface area contributed by atoms with E-state index in [9.17, 15) is 9.18 Å². The molecule has 98 valence electrons. The van der Waals surface area contributed by atoms with E-state index in [1.165, 1.54) is 18.2 Å². The molecular weight excluding hydrogens is 400 g/mol. The normalized spacial score (nSPS) is 10.3. The summed E-state index contributed by atoms with van der Waals surface area (Å²) in [7, 11) is 0. The van der Waals surface area contributed by atoms with Crippen LogP contribution < -0.4 is 5.32 Å². The van der Waals surface area contributed by atoms with Crippen molar-refractivity contribution in [3.05, 3.63) is 61.7 Å². The lowest BCUT2D eigenvalue weighted by atomic mass is 10.2. The monoisotopic (exact) mass is 405 g/mol. The molecule has 0 fully saturated rings. The molecule has 1 N–H and O–H groups in total. The average molecular weight is 407 g/mol. The van der Waals surface area contributed by atoms with E-state index in [-0.39, 0.29) is 10.4 Å². The van der Waals surface area contributed by atoms with Crippen molar-refractivity contribution in [3.8, 4) is 0 Å². The number of amides is 1. The van der Waals surface area contributed by atoms with Gasteiger partial charge < -0.3 is 5.32 Å². The van der Waals surface area contributed by atoms with Crippen LogP contribution in [-0.2, 0) is 0 Å². The Morgan fingerprint density at radius 2 is 1.95 bits per heavy atom. The standard InChI is InChI=1S/C13H7Br2ClFNO/c14-8-6-7(4-5-10(8)17)13(19)18-11-3-1-2-9(16)12(11)15/h1-6H,(H,18,19). The SMILES string of the molecule is O=C(Nc1cccc(Cl)c1Br)c1ccc(F)c(Br)c1. The van der Waals surface area contributed by atoms with Gasteiger partial charge in [-0.3, -0.25) is 4.79 Å². The van der Waals surface area contributed by atoms with Gasteiger partial charge in [0.1, 0.15) is 5.82 Å². The van der Waals surface area contributed by atoms with Gasteiger partial charge in [0.25, 0.3) is 5.91 Å². The van der Waals surface area contributed by atoms with Gasteiger partial charge in [-0.25, -0.2) is 4.39 Å². The fourth-order valence-electron chi connectivity index (χ4n) is 1.43. The third-order valence-corrected chi connectivity index (χ3v) is 4.39. The molecule has 0 saturated carbocycles. The van der Waals surface area contributed by atoms with Crippen LogP contribution in [0.25, 0.3) is 0 Å². The molecule has 0 aliphatic carbocycles. The van der Waals surface area contributed by atoms with Crippen LogP contribution in [0.5, 0.6) is 0 Å². The number of hydrogen-bond acceptors (Lipinski definition) is 1. The largest absolute Gasteiger partial charge is 0.321 e. The first-order chi connectivity index (χ1) is 8.99. The number of rotatable bonds is 2. The summed E-state index contributed by atoms with van der Waals surface area (Å²) >= 11 is 12.3. The Labute approximate surface area is 131 Å². The van der Waals surface area contributed by atoms with Gasteiger partial charge in [0.2, 0.25) is 0 Å². The number of halogens is 4. The summed E-state index contributed by atoms with van der Waals surface area (Å²) in [6.45, 7) is 0. The highest BCUT2D eigenvalue weighted by Crippen LogP contribution is 2.30. The molecule has 0 heterocycles. The van der Waals surface area contributed by atoms with Crippen molar-refractivity contribution < 1.29 is 9.18 Å². The van der Waals surface area contributed by atoms with Gasteiger partial charge in [0, 0.05) is 5.56 Å². The van der Waals surface area contributed by atoms with Gasteiger partial charge >= 0.3 is 0 Å². The summed E-state index contributed by atoms with van der Waals surface area (Å²) in [4.78, 5) is 12.0. The minimum absolute atomic E-state index is 0.241. The summed E-state index contributed by atoms with van der Waals surface area (Å²) in [5, 5.41) is 3.20. The highest BCUT2D eigenvalue weighted by Gasteiger charge is 2.11. The van der Waals surface area contributed by atoms with Crippen molar-refractivity contribution in [1.82, 2.24) is 0 Å². The Bertz CT molecular complexity index is 649. The quantitative estimate of drug-likeness (QED) is 0.723. The van der Waals surface area contributed by atoms with Crippen LogP contribution in [0.15, 0.2) is 45.3 Å². The molecule has 2 nitrogen and oxygen atoms in total. The smallest absolute Gasteiger partial charge is 0.255 e. The van der Waals surface area contributed by atoms with Crippen LogP contribution in [0.1, 0.15) is 10.4 Å². The Hall–Kier alpha value is -0.910. The van der Waals surface area contributed by atoms with Crippen LogP contribution in [-0.4, -0.2) is 5.91 Å². The predicted molar refractivity (Wildman–Crippen MR) is 81.2 cm³/mol. The molecule has 0 aliphatic rings. The van der Waals surface area contributed by atoms with Gasteiger partial charge in [0.05, 0.1) is 19.7 Å². The number of nitrogens with one attached hydrogen (secondary N) is 1. The number of hydrogen-bond donors (Lipinski definition) is 1. The minimum Gasteiger partial charge on any atom is -0.321 e. The second kappa shape index (κ2) is 6.03. The van der Waals surface area contributed by atoms with Gasteiger partial charge in [-0.1, -0.05) is 17.7 Å². The van der Waals surface area contributed by atoms with Gasteiger partial charge in [-0.05, 0) is 62.2 Å². The predicted octanol–water partition coefficient (Wildman–Crippen LogP) is 5.26. The van der Waals surface area contributed by atoms with Crippen molar-refractivity contribution in [2.45, 2.75) is 0 Å². The van der Waals surface area contributed by atoms with Gasteiger partial charge in [-0.2, -0.15) is 0 Å². The van der Waals surface area contributed by atoms with Gasteiger partial charge in [0.15, 0.2) is 0 Å². The molecule has 0 aromatic heterocycles. The van der Waals surface area contributed by atoms with Crippen molar-refractivity contribution in [2.75, 3.05) is 5.32 Å². The average Bonchev–Trinajstić information content (AvgIpc) is 2.38. The zero-order chi connectivity index (χ0) is 14.0. The molecule has 0 saturated heterocycles. The maximum Gasteiger partial charge on any atom is 0.255 e. The van der Waals surface area contributed by atoms with E-state index in [0.717, 1.165) is 0 Å². The second-order valence-electron chi connectivity index (χ2n) is 3.68. The highest BCUT2D eigenvalue weighted by molar-refractivity contribution is 9.11. The van der Waals surface area contributed by atoms with E-state index in [2.05, 4.69) is 37.2 Å². The topological polar surface area (TPSA) is 29.1 Å². The molecule has 0 aliphatic heterocycles. The molecule has 0 unspecified atom stereocenters. The van der Waals surface area contributed by atoms with E-state index in [1.807, 2.05) is 0 Å². The molecule has 6 heteroatoms. The summed E-state index contributed by atoms with van der Waals surface area (Å²) in [5.41, 5.74) is 0.901. The maximum atomic E-state index is 13.1. The van der Waals surface area contributed by atoms with Gasteiger partial charge in [-0.15, -0.1) is 0 Å². The fraction of sp³-hybridized carbons (Fsp3) is 0. The van der Waals surface area contributed by atoms with Crippen molar-refractivity contribution >= 4 is 55.1 Å². The Kier molecular flexibility index (Phi) is 4.60. The zero-order valence-electron chi connectivity index (χ0n) is 9.38. The van der Waals surface area contributed by atoms with Crippen molar-refractivity contribution in [1.29, 1.82) is 0 Å². The summed E-state index contributed by atoms with van der Waals surface area (Å²) in [6.07, 6.45) is 0. The summed E-state index contributed by atoms with van der Waals surface area (Å²) in [5.74, 6) is -0.760. The molecule has 2 aromatic rings. The first-order valence-corrected chi connectivity index (χ1v) is 7.16. The lowest BCUT2D eigenvalue weighted by molar-refractivity contribution is 0.102. The number of anilines is 1. The van der Waals surface area contributed by atoms with Crippen molar-refractivity contribution in [3.63, 3.8) is 0 Å². The third kappa shape index (κ3) is 3.35. The fourth-order valence-corrected chi connectivity index (χ4v) is 2.35. The molecular formula is C13H7Br2ClFNO. The summed E-state index contributed by atoms with van der Waals surface area (Å²) in [6, 6.07) is 9.20. The lowest BCUT2D eigenvalue weighted by Gasteiger charge is -2.08. The molecule has 19 heavy (non-hydrogen) atoms. The van der Waals surface area contributed by atoms with E-state index >= 15 is 0 Å². The number of carbonyl (C=O) groups excluding carboxylic acids is 1. The van der Waals surface area contributed by atoms with E-state index in [0.29, 0.717) is 20.7 Å². The Morgan fingerprint density at radius 1 is 1.21 bits per heavy atom. The van der Waals surface area contributed by atoms with Crippen molar-refractivity contribution in [2.24, 2.45) is 0 Å². The number of benzene rings is 2. The maximum absolute atomic E-state index is 13.1. The first-order valence-electron chi connectivity index (χ1n) is 5.19. The highest BCUT2D eigenvalue weighted by atomic mass is 79.9. The number of carbonyl (C=O) groups is 1. The molecule has 0 atom stereocenters. The van der Waals surface area contributed by atoms with E-state index in [1.54, 1.807) is 18.2 Å². The molecule has 0 radical (unpaired) electrons. The van der Waals surface area contributed by atoms with Crippen LogP contribution in [0.2, 0.25) is 5.02 Å². The second-order valence-corrected chi connectivity index (χ2v) is 5.74. The first kappa shape index (κ1) is 14.5. The third-order valence-electron chi connectivity index (χ3n) is 2.38. The van der Waals surface area contributed by atoms with E-state index in [4.69, 9.17) is 11.6 Å². The Morgan fingerprint density at radius 3 is 2.63 bits per heavy atom. The molecule has 2 aromatic carbocycles. The molecule has 1 amide bonds. The molecule has 2 rings (SSSR count). The Balaban J connectivity index is 2.26. The lowest BCUT2D eigenvalue weighted by Crippen LogP contribution is -2.12. The summed E-state index contributed by atoms with van der Waals surface area (Å²) < 4.78 is 13.9. The van der Waals surface area contributed by atoms with E-state index < -0.39 is 5.82 Å². The minimum atomic E-state index is -0.416. The molecule has 0 spiro atoms. The molecule has 0 bridgehead atoms.